The van der Waals surface area contributed by atoms with E-state index in [4.69, 9.17) is 0 Å². The van der Waals surface area contributed by atoms with Crippen molar-refractivity contribution in [3.05, 3.63) is 83.3 Å². The molecule has 0 spiro atoms. The molecule has 2 aromatic heterocycles. The monoisotopic (exact) mass is 436 g/mol. The molecule has 4 aromatic rings. The summed E-state index contributed by atoms with van der Waals surface area (Å²) in [6, 6.07) is 14.4. The van der Waals surface area contributed by atoms with Gasteiger partial charge in [-0.15, -0.1) is 5.11 Å². The lowest BCUT2D eigenvalue weighted by molar-refractivity contribution is -0.137. The Morgan fingerprint density at radius 3 is 2.53 bits per heavy atom. The maximum atomic E-state index is 12.8. The summed E-state index contributed by atoms with van der Waals surface area (Å²) < 4.78 is 38.5. The number of anilines is 2. The lowest BCUT2D eigenvalue weighted by Gasteiger charge is -2.10. The van der Waals surface area contributed by atoms with Gasteiger partial charge < -0.3 is 5.32 Å². The van der Waals surface area contributed by atoms with Gasteiger partial charge in [-0.3, -0.25) is 4.98 Å². The maximum Gasteiger partial charge on any atom is 0.416 e. The summed E-state index contributed by atoms with van der Waals surface area (Å²) in [4.78, 5) is 13.1. The number of hydrogen-bond acceptors (Lipinski definition) is 6. The minimum Gasteiger partial charge on any atom is -0.354 e. The number of azo groups is 1. The molecule has 6 nitrogen and oxygen atoms in total. The van der Waals surface area contributed by atoms with Gasteiger partial charge in [-0.2, -0.15) is 18.3 Å². The molecule has 0 aliphatic carbocycles. The highest BCUT2D eigenvalue weighted by Crippen LogP contribution is 2.31. The molecule has 4 rings (SSSR count). The van der Waals surface area contributed by atoms with Gasteiger partial charge in [0.2, 0.25) is 0 Å². The van der Waals surface area contributed by atoms with Crippen LogP contribution in [0.15, 0.2) is 71.0 Å². The minimum absolute atomic E-state index is 0.220. The highest BCUT2D eigenvalue weighted by molar-refractivity contribution is 5.82. The second-order valence-electron chi connectivity index (χ2n) is 7.27. The number of alkyl halides is 3. The first-order valence-corrected chi connectivity index (χ1v) is 9.80. The molecule has 0 amide bonds. The van der Waals surface area contributed by atoms with Crippen LogP contribution in [-0.2, 0) is 12.7 Å². The van der Waals surface area contributed by atoms with Crippen LogP contribution >= 0.6 is 0 Å². The predicted molar refractivity (Wildman–Crippen MR) is 116 cm³/mol. The Hall–Kier alpha value is -3.88. The molecule has 0 radical (unpaired) electrons. The van der Waals surface area contributed by atoms with E-state index in [1.807, 2.05) is 32.0 Å². The molecule has 0 aliphatic rings. The Bertz CT molecular complexity index is 1280. The fraction of sp³-hybridized carbons (Fsp3) is 0.174. The molecule has 0 aliphatic heterocycles. The standard InChI is InChI=1S/C23H19F3N6/c1-14-6-9-21-20(10-14)15(2)29-22(31-21)32-28-13-18-7-8-19(12-27-18)30-17-5-3-4-16(11-17)23(24,25)26/h3-12,30H,13H2,1-2H3. The minimum atomic E-state index is -4.39. The number of benzene rings is 2. The summed E-state index contributed by atoms with van der Waals surface area (Å²) in [5.74, 6) is 0.279. The molecule has 0 atom stereocenters. The Morgan fingerprint density at radius 1 is 0.938 bits per heavy atom. The first kappa shape index (κ1) is 21.4. The van der Waals surface area contributed by atoms with Gasteiger partial charge >= 0.3 is 6.18 Å². The number of fused-ring (bicyclic) bond motifs is 1. The molecule has 2 aromatic carbocycles. The molecule has 0 fully saturated rings. The van der Waals surface area contributed by atoms with Crippen molar-refractivity contribution in [3.63, 3.8) is 0 Å². The van der Waals surface area contributed by atoms with Crippen molar-refractivity contribution in [3.8, 4) is 0 Å². The number of aryl methyl sites for hydroxylation is 2. The first-order valence-electron chi connectivity index (χ1n) is 9.80. The van der Waals surface area contributed by atoms with Crippen LogP contribution in [0.4, 0.5) is 30.5 Å². The Morgan fingerprint density at radius 2 is 1.78 bits per heavy atom. The molecule has 0 unspecified atom stereocenters. The van der Waals surface area contributed by atoms with Crippen LogP contribution in [0.1, 0.15) is 22.5 Å². The van der Waals surface area contributed by atoms with E-state index in [-0.39, 0.29) is 12.5 Å². The fourth-order valence-electron chi connectivity index (χ4n) is 3.13. The number of hydrogen-bond donors (Lipinski definition) is 1. The largest absolute Gasteiger partial charge is 0.416 e. The van der Waals surface area contributed by atoms with Gasteiger partial charge in [0.1, 0.15) is 6.54 Å². The van der Waals surface area contributed by atoms with Crippen molar-refractivity contribution in [2.45, 2.75) is 26.6 Å². The van der Waals surface area contributed by atoms with Crippen molar-refractivity contribution in [2.75, 3.05) is 5.32 Å². The third-order valence-electron chi connectivity index (χ3n) is 4.73. The summed E-state index contributed by atoms with van der Waals surface area (Å²) in [5, 5.41) is 12.1. The lowest BCUT2D eigenvalue weighted by Crippen LogP contribution is -2.05. The number of rotatable bonds is 5. The Labute approximate surface area is 182 Å². The number of aromatic nitrogens is 3. The summed E-state index contributed by atoms with van der Waals surface area (Å²) >= 11 is 0. The molecular formula is C23H19F3N6. The van der Waals surface area contributed by atoms with E-state index in [1.54, 1.807) is 18.2 Å². The molecular weight excluding hydrogens is 417 g/mol. The Kier molecular flexibility index (Phi) is 5.81. The molecule has 9 heteroatoms. The Balaban J connectivity index is 1.42. The summed E-state index contributed by atoms with van der Waals surface area (Å²) in [6.07, 6.45) is -2.86. The second kappa shape index (κ2) is 8.70. The van der Waals surface area contributed by atoms with E-state index in [0.29, 0.717) is 17.1 Å². The van der Waals surface area contributed by atoms with E-state index in [9.17, 15) is 13.2 Å². The van der Waals surface area contributed by atoms with Gasteiger partial charge in [-0.1, -0.05) is 17.7 Å². The van der Waals surface area contributed by atoms with Crippen LogP contribution in [0.25, 0.3) is 10.9 Å². The normalized spacial score (nSPS) is 11.9. The van der Waals surface area contributed by atoms with Gasteiger partial charge in [-0.25, -0.2) is 9.97 Å². The second-order valence-corrected chi connectivity index (χ2v) is 7.27. The first-order chi connectivity index (χ1) is 15.3. The molecule has 0 bridgehead atoms. The average molecular weight is 436 g/mol. The third kappa shape index (κ3) is 5.05. The van der Waals surface area contributed by atoms with E-state index >= 15 is 0 Å². The molecule has 32 heavy (non-hydrogen) atoms. The van der Waals surface area contributed by atoms with Crippen LogP contribution in [0.3, 0.4) is 0 Å². The van der Waals surface area contributed by atoms with Gasteiger partial charge in [-0.05, 0) is 56.3 Å². The van der Waals surface area contributed by atoms with Gasteiger partial charge in [0.05, 0.1) is 34.4 Å². The molecule has 1 N–H and O–H groups in total. The van der Waals surface area contributed by atoms with Crippen LogP contribution in [0.5, 0.6) is 0 Å². The van der Waals surface area contributed by atoms with Crippen molar-refractivity contribution >= 4 is 28.2 Å². The zero-order valence-corrected chi connectivity index (χ0v) is 17.4. The van der Waals surface area contributed by atoms with Crippen molar-refractivity contribution in [2.24, 2.45) is 10.2 Å². The number of nitrogens with zero attached hydrogens (tertiary/aromatic N) is 5. The topological polar surface area (TPSA) is 75.4 Å². The summed E-state index contributed by atoms with van der Waals surface area (Å²) in [7, 11) is 0. The zero-order chi connectivity index (χ0) is 22.7. The lowest BCUT2D eigenvalue weighted by atomic mass is 10.1. The van der Waals surface area contributed by atoms with E-state index < -0.39 is 11.7 Å². The van der Waals surface area contributed by atoms with Crippen molar-refractivity contribution in [1.82, 2.24) is 15.0 Å². The van der Waals surface area contributed by atoms with Crippen LogP contribution in [0, 0.1) is 13.8 Å². The molecule has 162 valence electrons. The fourth-order valence-corrected chi connectivity index (χ4v) is 3.13. The predicted octanol–water partition coefficient (Wildman–Crippen LogP) is 6.69. The number of halogens is 3. The van der Waals surface area contributed by atoms with Crippen LogP contribution in [-0.4, -0.2) is 15.0 Å². The number of pyridine rings is 1. The average Bonchev–Trinajstić information content (AvgIpc) is 2.75. The highest BCUT2D eigenvalue weighted by Gasteiger charge is 2.30. The van der Waals surface area contributed by atoms with Gasteiger partial charge in [0.25, 0.3) is 5.95 Å². The van der Waals surface area contributed by atoms with Gasteiger partial charge in [0, 0.05) is 11.1 Å². The van der Waals surface area contributed by atoms with Crippen LogP contribution < -0.4 is 5.32 Å². The quantitative estimate of drug-likeness (QED) is 0.354. The molecule has 0 saturated heterocycles. The smallest absolute Gasteiger partial charge is 0.354 e. The third-order valence-corrected chi connectivity index (χ3v) is 4.73. The summed E-state index contributed by atoms with van der Waals surface area (Å²) in [6.45, 7) is 4.14. The molecule has 2 heterocycles. The molecule has 0 saturated carbocycles. The SMILES string of the molecule is Cc1ccc2nc(N=NCc3ccc(Nc4cccc(C(F)(F)F)c4)cn3)nc(C)c2c1. The number of nitrogens with one attached hydrogen (secondary N) is 1. The van der Waals surface area contributed by atoms with E-state index in [1.165, 1.54) is 12.3 Å². The maximum absolute atomic E-state index is 12.8. The van der Waals surface area contributed by atoms with E-state index in [2.05, 4.69) is 30.5 Å². The highest BCUT2D eigenvalue weighted by atomic mass is 19.4. The van der Waals surface area contributed by atoms with Crippen molar-refractivity contribution in [1.29, 1.82) is 0 Å². The van der Waals surface area contributed by atoms with E-state index in [0.717, 1.165) is 34.3 Å². The zero-order valence-electron chi connectivity index (χ0n) is 17.4. The van der Waals surface area contributed by atoms with Crippen molar-refractivity contribution < 1.29 is 13.2 Å². The summed E-state index contributed by atoms with van der Waals surface area (Å²) in [5.41, 5.74) is 3.60. The van der Waals surface area contributed by atoms with Gasteiger partial charge in [0.15, 0.2) is 0 Å². The van der Waals surface area contributed by atoms with Crippen LogP contribution in [0.2, 0.25) is 0 Å².